The lowest BCUT2D eigenvalue weighted by molar-refractivity contribution is -0.143. The number of halogens is 8. The van der Waals surface area contributed by atoms with Crippen LogP contribution < -0.4 is 5.43 Å². The lowest BCUT2D eigenvalue weighted by Gasteiger charge is -2.13. The maximum absolute atomic E-state index is 14.2. The summed E-state index contributed by atoms with van der Waals surface area (Å²) in [4.78, 5) is 0. The largest absolute Gasteiger partial charge is 0.422 e. The molecule has 0 fully saturated rings. The maximum Gasteiger partial charge on any atom is 0.422 e. The standard InChI is InChI=1S/C25H17ClF7N3/c1-12-3-8-18-16(9-12)17(13(2)36(18)11-14-4-6-15(26)7-5-14)10-34-35-24-22(29)20(27)19(25(31,32)33)21(28)23(24)30/h3-10,35H,11H2,1-2H3/b34-10+. The molecule has 3 nitrogen and oxygen atoms in total. The third kappa shape index (κ3) is 4.65. The SMILES string of the molecule is Cc1ccc2c(c1)c(/C=N/Nc1c(F)c(F)c(C(F)(F)F)c(F)c1F)c(C)n2Cc1ccc(Cl)cc1. The highest BCUT2D eigenvalue weighted by atomic mass is 35.5. The molecule has 11 heteroatoms. The molecule has 0 radical (unpaired) electrons. The van der Waals surface area contributed by atoms with Gasteiger partial charge in [-0.3, -0.25) is 5.43 Å². The fraction of sp³-hybridized carbons (Fsp3) is 0.160. The van der Waals surface area contributed by atoms with Crippen molar-refractivity contribution in [3.63, 3.8) is 0 Å². The molecule has 0 spiro atoms. The van der Waals surface area contributed by atoms with Crippen LogP contribution in [0.5, 0.6) is 0 Å². The van der Waals surface area contributed by atoms with E-state index < -0.39 is 40.7 Å². The quantitative estimate of drug-likeness (QED) is 0.121. The molecule has 0 amide bonds. The van der Waals surface area contributed by atoms with Crippen LogP contribution in [0.1, 0.15) is 27.9 Å². The Bertz CT molecular complexity index is 1460. The van der Waals surface area contributed by atoms with Gasteiger partial charge in [-0.25, -0.2) is 17.6 Å². The second kappa shape index (κ2) is 9.50. The van der Waals surface area contributed by atoms with Gasteiger partial charge in [-0.15, -0.1) is 0 Å². The van der Waals surface area contributed by atoms with Gasteiger partial charge >= 0.3 is 6.18 Å². The van der Waals surface area contributed by atoms with Crippen LogP contribution in [0.25, 0.3) is 10.9 Å². The zero-order valence-electron chi connectivity index (χ0n) is 18.7. The minimum absolute atomic E-state index is 0.461. The van der Waals surface area contributed by atoms with Gasteiger partial charge in [0, 0.05) is 33.7 Å². The van der Waals surface area contributed by atoms with E-state index in [4.69, 9.17) is 11.6 Å². The topological polar surface area (TPSA) is 29.3 Å². The van der Waals surface area contributed by atoms with Crippen molar-refractivity contribution in [2.24, 2.45) is 5.10 Å². The Kier molecular flexibility index (Phi) is 6.74. The first-order chi connectivity index (χ1) is 16.9. The van der Waals surface area contributed by atoms with Crippen LogP contribution in [0.3, 0.4) is 0 Å². The molecule has 0 aliphatic heterocycles. The first-order valence-corrected chi connectivity index (χ1v) is 10.8. The average molecular weight is 528 g/mol. The summed E-state index contributed by atoms with van der Waals surface area (Å²) in [5, 5.41) is 5.00. The van der Waals surface area contributed by atoms with Gasteiger partial charge in [0.25, 0.3) is 0 Å². The van der Waals surface area contributed by atoms with Gasteiger partial charge in [0.15, 0.2) is 23.3 Å². The van der Waals surface area contributed by atoms with Gasteiger partial charge in [-0.1, -0.05) is 35.4 Å². The van der Waals surface area contributed by atoms with Gasteiger partial charge in [0.1, 0.15) is 11.3 Å². The smallest absolute Gasteiger partial charge is 0.340 e. The van der Waals surface area contributed by atoms with Crippen molar-refractivity contribution in [1.29, 1.82) is 0 Å². The zero-order valence-corrected chi connectivity index (χ0v) is 19.5. The third-order valence-corrected chi connectivity index (χ3v) is 5.95. The number of aromatic nitrogens is 1. The summed E-state index contributed by atoms with van der Waals surface area (Å²) >= 11 is 5.96. The van der Waals surface area contributed by atoms with Crippen molar-refractivity contribution in [3.05, 3.63) is 98.7 Å². The number of hydrogen-bond acceptors (Lipinski definition) is 2. The number of nitrogens with zero attached hydrogens (tertiary/aromatic N) is 2. The van der Waals surface area contributed by atoms with Crippen molar-refractivity contribution < 1.29 is 30.7 Å². The van der Waals surface area contributed by atoms with E-state index in [-0.39, 0.29) is 0 Å². The van der Waals surface area contributed by atoms with Crippen molar-refractivity contribution in [2.75, 3.05) is 5.43 Å². The Balaban J connectivity index is 1.74. The fourth-order valence-electron chi connectivity index (χ4n) is 3.90. The molecule has 0 unspecified atom stereocenters. The van der Waals surface area contributed by atoms with E-state index in [1.54, 1.807) is 19.1 Å². The molecular weight excluding hydrogens is 511 g/mol. The van der Waals surface area contributed by atoms with Gasteiger partial charge in [-0.2, -0.15) is 18.3 Å². The van der Waals surface area contributed by atoms with E-state index in [2.05, 4.69) is 5.10 Å². The highest BCUT2D eigenvalue weighted by Crippen LogP contribution is 2.38. The van der Waals surface area contributed by atoms with Crippen molar-refractivity contribution in [2.45, 2.75) is 26.6 Å². The van der Waals surface area contributed by atoms with E-state index in [1.807, 2.05) is 47.2 Å². The van der Waals surface area contributed by atoms with Crippen molar-refractivity contribution in [3.8, 4) is 0 Å². The second-order valence-corrected chi connectivity index (χ2v) is 8.54. The lowest BCUT2D eigenvalue weighted by Crippen LogP contribution is -2.16. The maximum atomic E-state index is 14.2. The van der Waals surface area contributed by atoms with Crippen LogP contribution in [-0.2, 0) is 12.7 Å². The fourth-order valence-corrected chi connectivity index (χ4v) is 4.03. The van der Waals surface area contributed by atoms with E-state index in [0.29, 0.717) is 22.8 Å². The average Bonchev–Trinajstić information content (AvgIpc) is 3.05. The van der Waals surface area contributed by atoms with E-state index in [1.165, 1.54) is 6.21 Å². The molecule has 1 N–H and O–H groups in total. The van der Waals surface area contributed by atoms with E-state index >= 15 is 0 Å². The summed E-state index contributed by atoms with van der Waals surface area (Å²) < 4.78 is 96.6. The number of fused-ring (bicyclic) bond motifs is 1. The Morgan fingerprint density at radius 1 is 0.917 bits per heavy atom. The summed E-state index contributed by atoms with van der Waals surface area (Å²) in [6, 6.07) is 12.9. The molecule has 0 saturated carbocycles. The minimum Gasteiger partial charge on any atom is -0.340 e. The number of benzene rings is 3. The number of aryl methyl sites for hydroxylation is 1. The van der Waals surface area contributed by atoms with Gasteiger partial charge in [0.05, 0.1) is 6.21 Å². The number of anilines is 1. The van der Waals surface area contributed by atoms with Crippen LogP contribution in [-0.4, -0.2) is 10.8 Å². The Morgan fingerprint density at radius 3 is 2.11 bits per heavy atom. The number of rotatable bonds is 5. The Hall–Kier alpha value is -3.53. The molecule has 4 rings (SSSR count). The molecular formula is C25H17ClF7N3. The lowest BCUT2D eigenvalue weighted by atomic mass is 10.1. The molecule has 1 heterocycles. The Labute approximate surface area is 205 Å². The predicted molar refractivity (Wildman–Crippen MR) is 124 cm³/mol. The van der Waals surface area contributed by atoms with Crippen LogP contribution in [0, 0.1) is 37.1 Å². The van der Waals surface area contributed by atoms with Crippen LogP contribution in [0.2, 0.25) is 5.02 Å². The molecule has 0 saturated heterocycles. The Morgan fingerprint density at radius 2 is 1.53 bits per heavy atom. The molecule has 3 aromatic carbocycles. The summed E-state index contributed by atoms with van der Waals surface area (Å²) in [5.74, 6) is -9.61. The predicted octanol–water partition coefficient (Wildman–Crippen LogP) is 7.98. The molecule has 36 heavy (non-hydrogen) atoms. The molecule has 4 aromatic rings. The van der Waals surface area contributed by atoms with Crippen LogP contribution in [0.4, 0.5) is 36.4 Å². The highest BCUT2D eigenvalue weighted by Gasteiger charge is 2.42. The summed E-state index contributed by atoms with van der Waals surface area (Å²) in [5.41, 5.74) is 1.60. The monoisotopic (exact) mass is 527 g/mol. The van der Waals surface area contributed by atoms with Crippen LogP contribution in [0.15, 0.2) is 47.6 Å². The minimum atomic E-state index is -5.63. The third-order valence-electron chi connectivity index (χ3n) is 5.70. The van der Waals surface area contributed by atoms with E-state index in [9.17, 15) is 30.7 Å². The summed E-state index contributed by atoms with van der Waals surface area (Å²) in [6.45, 7) is 4.11. The molecule has 0 aliphatic carbocycles. The summed E-state index contributed by atoms with van der Waals surface area (Å²) in [6.07, 6.45) is -4.44. The molecule has 188 valence electrons. The van der Waals surface area contributed by atoms with Crippen molar-refractivity contribution >= 4 is 34.4 Å². The molecule has 0 aliphatic rings. The van der Waals surface area contributed by atoms with Gasteiger partial charge < -0.3 is 4.57 Å². The van der Waals surface area contributed by atoms with Crippen molar-refractivity contribution in [1.82, 2.24) is 4.57 Å². The molecule has 1 aromatic heterocycles. The first kappa shape index (κ1) is 25.6. The van der Waals surface area contributed by atoms with Crippen LogP contribution >= 0.6 is 11.6 Å². The molecule has 0 bridgehead atoms. The number of alkyl halides is 3. The highest BCUT2D eigenvalue weighted by molar-refractivity contribution is 6.30. The summed E-state index contributed by atoms with van der Waals surface area (Å²) in [7, 11) is 0. The number of hydrazone groups is 1. The first-order valence-electron chi connectivity index (χ1n) is 10.5. The van der Waals surface area contributed by atoms with E-state index in [0.717, 1.165) is 22.0 Å². The second-order valence-electron chi connectivity index (χ2n) is 8.11. The number of nitrogens with one attached hydrogen (secondary N) is 1. The number of hydrogen-bond donors (Lipinski definition) is 1. The van der Waals surface area contributed by atoms with Gasteiger partial charge in [0.2, 0.25) is 0 Å². The zero-order chi connectivity index (χ0) is 26.4. The molecule has 0 atom stereocenters. The van der Waals surface area contributed by atoms with Gasteiger partial charge in [-0.05, 0) is 43.7 Å². The normalized spacial score (nSPS) is 12.2.